The molecule has 5 heterocycles. The number of hydrogen-bond donors (Lipinski definition) is 0. The summed E-state index contributed by atoms with van der Waals surface area (Å²) in [5.74, 6) is 1.65. The third-order valence-electron chi connectivity index (χ3n) is 9.76. The normalized spacial score (nSPS) is 17.1. The van der Waals surface area contributed by atoms with Crippen molar-refractivity contribution in [2.45, 2.75) is 84.5 Å². The maximum Gasteiger partial charge on any atom is 0.154 e. The number of rotatable bonds is 17. The SMILES string of the molecule is CCCCCCCCCCCCOc1ccc(C2=C3C=CC(=N3)C=C3C=CC(=N3)C=C3N=C(C=C4C=CC2=N4)C(c2ccccc2)=C3OCCC)cc1. The van der Waals surface area contributed by atoms with Crippen LogP contribution in [0.5, 0.6) is 5.75 Å². The zero-order valence-corrected chi connectivity index (χ0v) is 31.2. The molecule has 7 rings (SSSR count). The van der Waals surface area contributed by atoms with Crippen LogP contribution in [-0.2, 0) is 4.74 Å². The van der Waals surface area contributed by atoms with Gasteiger partial charge in [-0.1, -0.05) is 114 Å². The van der Waals surface area contributed by atoms with Gasteiger partial charge in [0, 0.05) is 5.57 Å². The molecule has 5 aliphatic rings. The second-order valence-electron chi connectivity index (χ2n) is 14.0. The summed E-state index contributed by atoms with van der Waals surface area (Å²) in [7, 11) is 0. The van der Waals surface area contributed by atoms with Crippen LogP contribution in [0.2, 0.25) is 0 Å². The van der Waals surface area contributed by atoms with Crippen LogP contribution in [0.3, 0.4) is 0 Å². The van der Waals surface area contributed by atoms with Crippen molar-refractivity contribution in [1.82, 2.24) is 0 Å². The molecule has 2 aromatic rings. The summed E-state index contributed by atoms with van der Waals surface area (Å²) in [5, 5.41) is 0. The fourth-order valence-corrected chi connectivity index (χ4v) is 7.02. The van der Waals surface area contributed by atoms with Gasteiger partial charge in [-0.25, -0.2) is 20.0 Å². The number of fused-ring (bicyclic) bond motifs is 4. The summed E-state index contributed by atoms with van der Waals surface area (Å²) in [5.41, 5.74) is 10.6. The van der Waals surface area contributed by atoms with Crippen LogP contribution in [0, 0.1) is 0 Å². The standard InChI is InChI=1S/C47H50N4O2/c1-3-5-6-7-8-9-10-11-12-16-30-52-40-25-19-35(20-26-40)45-41-27-23-37(49-41)31-36-21-22-38(48-36)33-44-47(53-29-4-2)46(34-17-14-13-15-18-34)43(51-44)32-39-24-28-42(45)50-39/h13-15,17-28,31-33H,3-12,16,29-30H2,1-2H3. The summed E-state index contributed by atoms with van der Waals surface area (Å²) in [6.45, 7) is 5.72. The van der Waals surface area contributed by atoms with Crippen molar-refractivity contribution in [2.75, 3.05) is 13.2 Å². The first-order chi connectivity index (χ1) is 26.2. The first kappa shape index (κ1) is 36.0. The topological polar surface area (TPSA) is 67.9 Å². The summed E-state index contributed by atoms with van der Waals surface area (Å²) in [6.07, 6.45) is 32.4. The molecule has 0 fully saturated rings. The number of nitrogens with zero attached hydrogens (tertiary/aromatic N) is 4. The first-order valence-corrected chi connectivity index (χ1v) is 19.6. The van der Waals surface area contributed by atoms with E-state index in [9.17, 15) is 0 Å². The Bertz CT molecular complexity index is 2040. The fraction of sp³-hybridized carbons (Fsp3) is 0.319. The van der Waals surface area contributed by atoms with Crippen molar-refractivity contribution >= 4 is 34.0 Å². The molecule has 0 saturated carbocycles. The van der Waals surface area contributed by atoms with Gasteiger partial charge >= 0.3 is 0 Å². The molecule has 0 N–H and O–H groups in total. The highest BCUT2D eigenvalue weighted by Gasteiger charge is 2.28. The molecule has 0 aliphatic carbocycles. The molecule has 2 aromatic carbocycles. The number of allylic oxidation sites excluding steroid dienone is 11. The van der Waals surface area contributed by atoms with Gasteiger partial charge in [0.15, 0.2) is 5.76 Å². The Labute approximate surface area is 315 Å². The lowest BCUT2D eigenvalue weighted by Gasteiger charge is -2.11. The number of aliphatic imine (C=N–C) groups is 4. The van der Waals surface area contributed by atoms with E-state index in [1.165, 1.54) is 57.8 Å². The lowest BCUT2D eigenvalue weighted by atomic mass is 9.98. The van der Waals surface area contributed by atoms with Gasteiger partial charge in [-0.05, 0) is 90.8 Å². The van der Waals surface area contributed by atoms with Gasteiger partial charge in [0.05, 0.1) is 58.7 Å². The van der Waals surface area contributed by atoms with Crippen molar-refractivity contribution in [2.24, 2.45) is 20.0 Å². The van der Waals surface area contributed by atoms with E-state index in [2.05, 4.69) is 74.5 Å². The van der Waals surface area contributed by atoms with Crippen LogP contribution in [0.1, 0.15) is 95.6 Å². The quantitative estimate of drug-likeness (QED) is 0.154. The van der Waals surface area contributed by atoms with Crippen LogP contribution < -0.4 is 4.74 Å². The molecule has 0 spiro atoms. The van der Waals surface area contributed by atoms with Crippen LogP contribution in [0.15, 0.2) is 158 Å². The minimum absolute atomic E-state index is 0.588. The number of hydrogen-bond acceptors (Lipinski definition) is 6. The zero-order chi connectivity index (χ0) is 36.2. The van der Waals surface area contributed by atoms with Gasteiger partial charge in [0.1, 0.15) is 11.4 Å². The molecule has 53 heavy (non-hydrogen) atoms. The van der Waals surface area contributed by atoms with E-state index in [-0.39, 0.29) is 0 Å². The summed E-state index contributed by atoms with van der Waals surface area (Å²) in [4.78, 5) is 20.2. The molecular formula is C47H50N4O2. The van der Waals surface area contributed by atoms with E-state index < -0.39 is 0 Å². The number of benzene rings is 2. The van der Waals surface area contributed by atoms with E-state index in [1.807, 2.05) is 48.6 Å². The smallest absolute Gasteiger partial charge is 0.154 e. The molecule has 5 aliphatic heterocycles. The predicted octanol–water partition coefficient (Wildman–Crippen LogP) is 11.7. The van der Waals surface area contributed by atoms with Crippen LogP contribution >= 0.6 is 0 Å². The maximum absolute atomic E-state index is 6.43. The number of unbranched alkanes of at least 4 members (excludes halogenated alkanes) is 9. The second-order valence-corrected chi connectivity index (χ2v) is 14.0. The van der Waals surface area contributed by atoms with E-state index in [1.54, 1.807) is 0 Å². The Kier molecular flexibility index (Phi) is 12.2. The first-order valence-electron chi connectivity index (χ1n) is 19.6. The average molecular weight is 703 g/mol. The van der Waals surface area contributed by atoms with E-state index >= 15 is 0 Å². The molecule has 0 saturated heterocycles. The van der Waals surface area contributed by atoms with Crippen molar-refractivity contribution in [1.29, 1.82) is 0 Å². The molecule has 270 valence electrons. The van der Waals surface area contributed by atoms with Crippen LogP contribution in [0.25, 0.3) is 11.1 Å². The molecule has 6 heteroatoms. The predicted molar refractivity (Wildman–Crippen MR) is 222 cm³/mol. The highest BCUT2D eigenvalue weighted by atomic mass is 16.5. The van der Waals surface area contributed by atoms with E-state index in [4.69, 9.17) is 29.4 Å². The van der Waals surface area contributed by atoms with Crippen molar-refractivity contribution in [3.8, 4) is 5.75 Å². The van der Waals surface area contributed by atoms with Gasteiger partial charge in [-0.2, -0.15) is 0 Å². The zero-order valence-electron chi connectivity index (χ0n) is 31.2. The van der Waals surface area contributed by atoms with Crippen LogP contribution in [0.4, 0.5) is 0 Å². The van der Waals surface area contributed by atoms with Gasteiger partial charge in [-0.3, -0.25) is 0 Å². The van der Waals surface area contributed by atoms with Gasteiger partial charge in [0.2, 0.25) is 0 Å². The minimum atomic E-state index is 0.588. The summed E-state index contributed by atoms with van der Waals surface area (Å²) in [6, 6.07) is 18.7. The van der Waals surface area contributed by atoms with Crippen molar-refractivity contribution < 1.29 is 9.47 Å². The minimum Gasteiger partial charge on any atom is -0.494 e. The Morgan fingerprint density at radius 3 is 1.92 bits per heavy atom. The molecule has 0 amide bonds. The van der Waals surface area contributed by atoms with Gasteiger partial charge in [0.25, 0.3) is 0 Å². The summed E-state index contributed by atoms with van der Waals surface area (Å²) >= 11 is 0. The monoisotopic (exact) mass is 702 g/mol. The average Bonchev–Trinajstić information content (AvgIpc) is 4.00. The molecule has 8 bridgehead atoms. The molecular weight excluding hydrogens is 653 g/mol. The third-order valence-corrected chi connectivity index (χ3v) is 9.76. The highest BCUT2D eigenvalue weighted by molar-refractivity contribution is 6.35. The van der Waals surface area contributed by atoms with Gasteiger partial charge in [-0.15, -0.1) is 0 Å². The molecule has 0 atom stereocenters. The Balaban J connectivity index is 1.14. The van der Waals surface area contributed by atoms with E-state index in [0.717, 1.165) is 98.9 Å². The second kappa shape index (κ2) is 17.9. The molecule has 0 aromatic heterocycles. The number of ether oxygens (including phenoxy) is 2. The maximum atomic E-state index is 6.43. The van der Waals surface area contributed by atoms with E-state index in [0.29, 0.717) is 6.61 Å². The molecule has 6 nitrogen and oxygen atoms in total. The largest absolute Gasteiger partial charge is 0.494 e. The highest BCUT2D eigenvalue weighted by Crippen LogP contribution is 2.36. The van der Waals surface area contributed by atoms with Gasteiger partial charge < -0.3 is 9.47 Å². The molecule has 0 radical (unpaired) electrons. The van der Waals surface area contributed by atoms with Crippen molar-refractivity contribution in [3.05, 3.63) is 149 Å². The van der Waals surface area contributed by atoms with Crippen LogP contribution in [-0.4, -0.2) is 36.1 Å². The fourth-order valence-electron chi connectivity index (χ4n) is 7.02. The van der Waals surface area contributed by atoms with Crippen molar-refractivity contribution in [3.63, 3.8) is 0 Å². The Morgan fingerprint density at radius 1 is 0.472 bits per heavy atom. The lowest BCUT2D eigenvalue weighted by molar-refractivity contribution is 0.223. The molecule has 0 unspecified atom stereocenters. The Morgan fingerprint density at radius 2 is 1.15 bits per heavy atom. The lowest BCUT2D eigenvalue weighted by Crippen LogP contribution is -2.02. The third kappa shape index (κ3) is 9.18. The summed E-state index contributed by atoms with van der Waals surface area (Å²) < 4.78 is 12.6. The Hall–Kier alpha value is -5.36.